The van der Waals surface area contributed by atoms with Crippen LogP contribution in [0, 0.1) is 5.92 Å². The Bertz CT molecular complexity index is 666. The highest BCUT2D eigenvalue weighted by atomic mass is 16.5. The average Bonchev–Trinajstić information content (AvgIpc) is 3.35. The normalized spacial score (nSPS) is 21.8. The predicted octanol–water partition coefficient (Wildman–Crippen LogP) is 2.46. The maximum Gasteiger partial charge on any atom is 0.317 e. The maximum atomic E-state index is 12.4. The van der Waals surface area contributed by atoms with Crippen LogP contribution in [0.15, 0.2) is 24.3 Å². The summed E-state index contributed by atoms with van der Waals surface area (Å²) < 4.78 is 5.78. The van der Waals surface area contributed by atoms with Gasteiger partial charge in [-0.3, -0.25) is 14.5 Å². The van der Waals surface area contributed by atoms with Crippen LogP contribution in [0.2, 0.25) is 0 Å². The van der Waals surface area contributed by atoms with E-state index in [0.717, 1.165) is 30.7 Å². The van der Waals surface area contributed by atoms with E-state index < -0.39 is 5.97 Å². The van der Waals surface area contributed by atoms with Crippen LogP contribution >= 0.6 is 0 Å². The van der Waals surface area contributed by atoms with Gasteiger partial charge in [0.05, 0.1) is 19.1 Å². The summed E-state index contributed by atoms with van der Waals surface area (Å²) in [5.74, 6) is 0.636. The first kappa shape index (κ1) is 19.7. The highest BCUT2D eigenvalue weighted by molar-refractivity contribution is 5.79. The molecule has 0 aliphatic heterocycles. The third kappa shape index (κ3) is 5.96. The van der Waals surface area contributed by atoms with Crippen LogP contribution in [0.5, 0.6) is 5.75 Å². The quantitative estimate of drug-likeness (QED) is 0.658. The highest BCUT2D eigenvalue weighted by Crippen LogP contribution is 2.33. The lowest BCUT2D eigenvalue weighted by atomic mass is 9.85. The van der Waals surface area contributed by atoms with E-state index in [1.807, 2.05) is 38.1 Å². The molecule has 0 aromatic heterocycles. The Kier molecular flexibility index (Phi) is 6.37. The Morgan fingerprint density at radius 2 is 1.96 bits per heavy atom. The number of benzene rings is 1. The zero-order chi connectivity index (χ0) is 19.4. The molecule has 2 saturated carbocycles. The monoisotopic (exact) mass is 374 g/mol. The molecule has 0 spiro atoms. The summed E-state index contributed by atoms with van der Waals surface area (Å²) in [4.78, 5) is 25.6. The standard InChI is InChI=1S/C21H30N2O4/c1-14(2)27-19-6-4-3-5-16(19)9-20(24)22-17-10-18(11-17)23(13-21(25)26)12-15-7-8-15/h3-6,14-15,17-18H,7-13H2,1-2H3,(H,22,24)(H,25,26). The summed E-state index contributed by atoms with van der Waals surface area (Å²) in [7, 11) is 0. The lowest BCUT2D eigenvalue weighted by Crippen LogP contribution is -2.55. The zero-order valence-corrected chi connectivity index (χ0v) is 16.2. The van der Waals surface area contributed by atoms with E-state index >= 15 is 0 Å². The van der Waals surface area contributed by atoms with Gasteiger partial charge < -0.3 is 15.2 Å². The molecule has 6 heteroatoms. The fraction of sp³-hybridized carbons (Fsp3) is 0.619. The average molecular weight is 374 g/mol. The van der Waals surface area contributed by atoms with E-state index in [4.69, 9.17) is 9.84 Å². The van der Waals surface area contributed by atoms with Crippen molar-refractivity contribution < 1.29 is 19.4 Å². The molecule has 2 aliphatic carbocycles. The van der Waals surface area contributed by atoms with Crippen LogP contribution in [0.25, 0.3) is 0 Å². The van der Waals surface area contributed by atoms with Gasteiger partial charge in [-0.2, -0.15) is 0 Å². The number of hydrogen-bond acceptors (Lipinski definition) is 4. The Morgan fingerprint density at radius 1 is 1.26 bits per heavy atom. The Morgan fingerprint density at radius 3 is 2.59 bits per heavy atom. The van der Waals surface area contributed by atoms with Gasteiger partial charge in [0, 0.05) is 24.2 Å². The van der Waals surface area contributed by atoms with Crippen molar-refractivity contribution in [3.05, 3.63) is 29.8 Å². The van der Waals surface area contributed by atoms with Gasteiger partial charge in [0.2, 0.25) is 5.91 Å². The third-order valence-electron chi connectivity index (χ3n) is 5.21. The van der Waals surface area contributed by atoms with Gasteiger partial charge in [0.15, 0.2) is 0 Å². The van der Waals surface area contributed by atoms with Crippen molar-refractivity contribution in [2.45, 2.75) is 64.1 Å². The van der Waals surface area contributed by atoms with Crippen LogP contribution < -0.4 is 10.1 Å². The number of nitrogens with one attached hydrogen (secondary N) is 1. The number of ether oxygens (including phenoxy) is 1. The number of carboxylic acid groups (broad SMARTS) is 1. The second-order valence-corrected chi connectivity index (χ2v) is 8.11. The van der Waals surface area contributed by atoms with Crippen molar-refractivity contribution in [3.8, 4) is 5.75 Å². The topological polar surface area (TPSA) is 78.9 Å². The summed E-state index contributed by atoms with van der Waals surface area (Å²) in [5.41, 5.74) is 0.890. The van der Waals surface area contributed by atoms with E-state index in [0.29, 0.717) is 12.3 Å². The minimum Gasteiger partial charge on any atom is -0.491 e. The van der Waals surface area contributed by atoms with E-state index in [-0.39, 0.29) is 30.6 Å². The summed E-state index contributed by atoms with van der Waals surface area (Å²) >= 11 is 0. The van der Waals surface area contributed by atoms with Crippen molar-refractivity contribution in [1.29, 1.82) is 0 Å². The summed E-state index contributed by atoms with van der Waals surface area (Å²) in [6.45, 7) is 4.91. The van der Waals surface area contributed by atoms with E-state index in [2.05, 4.69) is 10.2 Å². The number of amides is 1. The molecule has 148 valence electrons. The molecule has 2 fully saturated rings. The van der Waals surface area contributed by atoms with Crippen molar-refractivity contribution in [3.63, 3.8) is 0 Å². The number of para-hydroxylation sites is 1. The molecule has 6 nitrogen and oxygen atoms in total. The van der Waals surface area contributed by atoms with Crippen molar-refractivity contribution in [2.75, 3.05) is 13.1 Å². The maximum absolute atomic E-state index is 12.4. The first-order chi connectivity index (χ1) is 12.9. The van der Waals surface area contributed by atoms with E-state index in [1.54, 1.807) is 0 Å². The van der Waals surface area contributed by atoms with Crippen LogP contribution in [0.1, 0.15) is 45.1 Å². The molecule has 1 amide bonds. The minimum atomic E-state index is -0.773. The lowest BCUT2D eigenvalue weighted by molar-refractivity contribution is -0.140. The van der Waals surface area contributed by atoms with Crippen LogP contribution in [-0.4, -0.2) is 53.2 Å². The smallest absolute Gasteiger partial charge is 0.317 e. The number of carbonyl (C=O) groups excluding carboxylic acids is 1. The van der Waals surface area contributed by atoms with Crippen molar-refractivity contribution in [1.82, 2.24) is 10.2 Å². The molecule has 0 saturated heterocycles. The Balaban J connectivity index is 1.46. The largest absolute Gasteiger partial charge is 0.491 e. The molecule has 27 heavy (non-hydrogen) atoms. The van der Waals surface area contributed by atoms with Gasteiger partial charge in [-0.15, -0.1) is 0 Å². The molecule has 1 aromatic rings. The lowest BCUT2D eigenvalue weighted by Gasteiger charge is -2.42. The SMILES string of the molecule is CC(C)Oc1ccccc1CC(=O)NC1CC(N(CC(=O)O)CC2CC2)C1. The second kappa shape index (κ2) is 8.74. The number of carbonyl (C=O) groups is 2. The number of aliphatic carboxylic acids is 1. The molecule has 1 aromatic carbocycles. The molecule has 2 aliphatic rings. The van der Waals surface area contributed by atoms with Gasteiger partial charge in [-0.05, 0) is 51.5 Å². The third-order valence-corrected chi connectivity index (χ3v) is 5.21. The van der Waals surface area contributed by atoms with Crippen LogP contribution in [-0.2, 0) is 16.0 Å². The molecular weight excluding hydrogens is 344 g/mol. The molecule has 3 rings (SSSR count). The van der Waals surface area contributed by atoms with Crippen LogP contribution in [0.3, 0.4) is 0 Å². The predicted molar refractivity (Wildman–Crippen MR) is 103 cm³/mol. The minimum absolute atomic E-state index is 0.00904. The van der Waals surface area contributed by atoms with E-state index in [9.17, 15) is 9.59 Å². The van der Waals surface area contributed by atoms with Gasteiger partial charge in [-0.1, -0.05) is 18.2 Å². The van der Waals surface area contributed by atoms with Crippen LogP contribution in [0.4, 0.5) is 0 Å². The fourth-order valence-electron chi connectivity index (χ4n) is 3.62. The van der Waals surface area contributed by atoms with E-state index in [1.165, 1.54) is 12.8 Å². The number of nitrogens with zero attached hydrogens (tertiary/aromatic N) is 1. The van der Waals surface area contributed by atoms with Gasteiger partial charge in [0.1, 0.15) is 5.75 Å². The molecule has 0 atom stereocenters. The zero-order valence-electron chi connectivity index (χ0n) is 16.2. The molecule has 2 N–H and O–H groups in total. The van der Waals surface area contributed by atoms with Gasteiger partial charge in [-0.25, -0.2) is 0 Å². The molecule has 0 radical (unpaired) electrons. The summed E-state index contributed by atoms with van der Waals surface area (Å²) in [6, 6.07) is 8.04. The fourth-order valence-corrected chi connectivity index (χ4v) is 3.62. The Hall–Kier alpha value is -2.08. The number of hydrogen-bond donors (Lipinski definition) is 2. The van der Waals surface area contributed by atoms with Gasteiger partial charge >= 0.3 is 5.97 Å². The van der Waals surface area contributed by atoms with Gasteiger partial charge in [0.25, 0.3) is 0 Å². The Labute approximate surface area is 160 Å². The highest BCUT2D eigenvalue weighted by Gasteiger charge is 2.37. The molecule has 0 unspecified atom stereocenters. The van der Waals surface area contributed by atoms with Crippen molar-refractivity contribution in [2.24, 2.45) is 5.92 Å². The molecule has 0 heterocycles. The first-order valence-corrected chi connectivity index (χ1v) is 9.90. The molecular formula is C21H30N2O4. The summed E-state index contributed by atoms with van der Waals surface area (Å²) in [6.07, 6.45) is 4.44. The first-order valence-electron chi connectivity index (χ1n) is 9.90. The van der Waals surface area contributed by atoms with Crippen molar-refractivity contribution >= 4 is 11.9 Å². The number of carboxylic acids is 1. The molecule has 0 bridgehead atoms. The summed E-state index contributed by atoms with van der Waals surface area (Å²) in [5, 5.41) is 12.2. The number of rotatable bonds is 10. The second-order valence-electron chi connectivity index (χ2n) is 8.11.